The van der Waals surface area contributed by atoms with E-state index < -0.39 is 10.8 Å². The predicted octanol–water partition coefficient (Wildman–Crippen LogP) is 2.17. The van der Waals surface area contributed by atoms with Gasteiger partial charge in [-0.3, -0.25) is 4.21 Å². The van der Waals surface area contributed by atoms with Crippen LogP contribution in [0.4, 0.5) is 5.82 Å². The minimum Gasteiger partial charge on any atom is -0.367 e. The minimum absolute atomic E-state index is 0.341. The fourth-order valence-corrected chi connectivity index (χ4v) is 3.62. The molecule has 1 fully saturated rings. The summed E-state index contributed by atoms with van der Waals surface area (Å²) in [6.45, 7) is 0. The molecule has 0 amide bonds. The van der Waals surface area contributed by atoms with Crippen LogP contribution in [0, 0.1) is 0 Å². The maximum Gasteiger partial charge on any atom is 0.190 e. The minimum atomic E-state index is -0.632. The number of thioether (sulfide) groups is 1. The average Bonchev–Trinajstić information content (AvgIpc) is 2.31. The Morgan fingerprint density at radius 1 is 1.47 bits per heavy atom. The highest BCUT2D eigenvalue weighted by molar-refractivity contribution is 7.98. The SMILES string of the molecule is CSc1nc(Cl)cc(NC2CCS(=O)CC2)n1. The van der Waals surface area contributed by atoms with Crippen LogP contribution in [-0.2, 0) is 10.8 Å². The van der Waals surface area contributed by atoms with Gasteiger partial charge in [-0.25, -0.2) is 9.97 Å². The molecule has 2 rings (SSSR count). The van der Waals surface area contributed by atoms with Gasteiger partial charge in [-0.2, -0.15) is 0 Å². The quantitative estimate of drug-likeness (QED) is 0.525. The van der Waals surface area contributed by atoms with E-state index >= 15 is 0 Å². The Kier molecular flexibility index (Phi) is 4.64. The van der Waals surface area contributed by atoms with Gasteiger partial charge in [-0.15, -0.1) is 0 Å². The fourth-order valence-electron chi connectivity index (χ4n) is 1.71. The summed E-state index contributed by atoms with van der Waals surface area (Å²) in [5.74, 6) is 2.30. The molecule has 1 aliphatic heterocycles. The first-order chi connectivity index (χ1) is 8.17. The number of anilines is 1. The number of rotatable bonds is 3. The Labute approximate surface area is 112 Å². The van der Waals surface area contributed by atoms with Crippen LogP contribution >= 0.6 is 23.4 Å². The van der Waals surface area contributed by atoms with Gasteiger partial charge in [0.2, 0.25) is 0 Å². The van der Waals surface area contributed by atoms with Gasteiger partial charge in [0.05, 0.1) is 0 Å². The van der Waals surface area contributed by atoms with Crippen molar-refractivity contribution in [3.8, 4) is 0 Å². The van der Waals surface area contributed by atoms with Crippen molar-refractivity contribution in [2.24, 2.45) is 0 Å². The van der Waals surface area contributed by atoms with Crippen LogP contribution in [-0.4, -0.2) is 38.0 Å². The Hall–Kier alpha value is -0.330. The number of aromatic nitrogens is 2. The van der Waals surface area contributed by atoms with Gasteiger partial charge in [0, 0.05) is 34.4 Å². The molecular formula is C10H14ClN3OS2. The van der Waals surface area contributed by atoms with Crippen LogP contribution in [0.1, 0.15) is 12.8 Å². The lowest BCUT2D eigenvalue weighted by Crippen LogP contribution is -2.29. The standard InChI is InChI=1S/C10H14ClN3OS2/c1-16-10-13-8(11)6-9(14-10)12-7-2-4-17(15)5-3-7/h6-7H,2-5H2,1H3,(H,12,13,14). The van der Waals surface area contributed by atoms with Crippen molar-refractivity contribution in [2.75, 3.05) is 23.1 Å². The van der Waals surface area contributed by atoms with Crippen LogP contribution in [0.5, 0.6) is 0 Å². The van der Waals surface area contributed by atoms with E-state index in [0.717, 1.165) is 30.2 Å². The molecule has 4 nitrogen and oxygen atoms in total. The molecule has 7 heteroatoms. The number of hydrogen-bond acceptors (Lipinski definition) is 5. The first kappa shape index (κ1) is 13.1. The predicted molar refractivity (Wildman–Crippen MR) is 73.3 cm³/mol. The van der Waals surface area contributed by atoms with E-state index in [-0.39, 0.29) is 0 Å². The lowest BCUT2D eigenvalue weighted by atomic mass is 10.1. The maximum absolute atomic E-state index is 11.2. The summed E-state index contributed by atoms with van der Waals surface area (Å²) in [5.41, 5.74) is 0. The van der Waals surface area contributed by atoms with E-state index in [0.29, 0.717) is 16.4 Å². The molecule has 0 unspecified atom stereocenters. The van der Waals surface area contributed by atoms with E-state index in [1.165, 1.54) is 11.8 Å². The number of nitrogens with one attached hydrogen (secondary N) is 1. The molecule has 0 bridgehead atoms. The molecule has 0 radical (unpaired) electrons. The van der Waals surface area contributed by atoms with Crippen LogP contribution in [0.15, 0.2) is 11.2 Å². The zero-order valence-corrected chi connectivity index (χ0v) is 11.9. The van der Waals surface area contributed by atoms with Crippen molar-refractivity contribution >= 4 is 40.0 Å². The molecule has 17 heavy (non-hydrogen) atoms. The second-order valence-electron chi connectivity index (χ2n) is 3.83. The van der Waals surface area contributed by atoms with Crippen molar-refractivity contribution in [1.82, 2.24) is 9.97 Å². The van der Waals surface area contributed by atoms with E-state index in [9.17, 15) is 4.21 Å². The molecule has 0 aliphatic carbocycles. The molecule has 2 heterocycles. The lowest BCUT2D eigenvalue weighted by Gasteiger charge is -2.23. The van der Waals surface area contributed by atoms with Gasteiger partial charge < -0.3 is 5.32 Å². The number of halogens is 1. The number of nitrogens with zero attached hydrogens (tertiary/aromatic N) is 2. The summed E-state index contributed by atoms with van der Waals surface area (Å²) in [5, 5.41) is 4.45. The summed E-state index contributed by atoms with van der Waals surface area (Å²) >= 11 is 7.38. The van der Waals surface area contributed by atoms with E-state index in [2.05, 4.69) is 15.3 Å². The largest absolute Gasteiger partial charge is 0.367 e. The third-order valence-corrected chi connectivity index (χ3v) is 4.72. The normalized spacial score (nSPS) is 24.6. The topological polar surface area (TPSA) is 54.9 Å². The third kappa shape index (κ3) is 3.82. The van der Waals surface area contributed by atoms with Crippen LogP contribution in [0.25, 0.3) is 0 Å². The van der Waals surface area contributed by atoms with Gasteiger partial charge in [0.1, 0.15) is 11.0 Å². The monoisotopic (exact) mass is 291 g/mol. The highest BCUT2D eigenvalue weighted by Gasteiger charge is 2.18. The van der Waals surface area contributed by atoms with Crippen molar-refractivity contribution in [2.45, 2.75) is 24.0 Å². The highest BCUT2D eigenvalue weighted by atomic mass is 35.5. The van der Waals surface area contributed by atoms with Gasteiger partial charge in [0.15, 0.2) is 5.16 Å². The molecule has 1 aromatic heterocycles. The molecule has 1 aromatic rings. The second kappa shape index (κ2) is 6.02. The van der Waals surface area contributed by atoms with E-state index in [1.54, 1.807) is 6.07 Å². The zero-order valence-electron chi connectivity index (χ0n) is 9.48. The van der Waals surface area contributed by atoms with Gasteiger partial charge in [-0.05, 0) is 19.1 Å². The molecule has 0 spiro atoms. The van der Waals surface area contributed by atoms with Gasteiger partial charge in [0.25, 0.3) is 0 Å². The first-order valence-electron chi connectivity index (χ1n) is 5.37. The molecule has 94 valence electrons. The Bertz CT molecular complexity index is 420. The molecule has 0 atom stereocenters. The molecule has 1 N–H and O–H groups in total. The van der Waals surface area contributed by atoms with E-state index in [1.807, 2.05) is 6.26 Å². The summed E-state index contributed by atoms with van der Waals surface area (Å²) in [6, 6.07) is 2.07. The molecule has 1 saturated heterocycles. The lowest BCUT2D eigenvalue weighted by molar-refractivity contribution is 0.621. The van der Waals surface area contributed by atoms with Crippen molar-refractivity contribution in [3.05, 3.63) is 11.2 Å². The smallest absolute Gasteiger partial charge is 0.190 e. The van der Waals surface area contributed by atoms with Crippen LogP contribution in [0.3, 0.4) is 0 Å². The zero-order chi connectivity index (χ0) is 12.3. The van der Waals surface area contributed by atoms with Crippen molar-refractivity contribution < 1.29 is 4.21 Å². The fraction of sp³-hybridized carbons (Fsp3) is 0.600. The second-order valence-corrected chi connectivity index (χ2v) is 6.69. The molecule has 0 aromatic carbocycles. The van der Waals surface area contributed by atoms with Gasteiger partial charge in [-0.1, -0.05) is 23.4 Å². The summed E-state index contributed by atoms with van der Waals surface area (Å²) < 4.78 is 11.2. The van der Waals surface area contributed by atoms with E-state index in [4.69, 9.17) is 11.6 Å². The Balaban J connectivity index is 2.02. The van der Waals surface area contributed by atoms with Crippen molar-refractivity contribution in [3.63, 3.8) is 0 Å². The molecular weight excluding hydrogens is 278 g/mol. The molecule has 1 aliphatic rings. The first-order valence-corrected chi connectivity index (χ1v) is 8.46. The number of hydrogen-bond donors (Lipinski definition) is 1. The third-order valence-electron chi connectivity index (χ3n) is 2.60. The molecule has 0 saturated carbocycles. The summed E-state index contributed by atoms with van der Waals surface area (Å²) in [6.07, 6.45) is 3.75. The maximum atomic E-state index is 11.2. The van der Waals surface area contributed by atoms with Crippen molar-refractivity contribution in [1.29, 1.82) is 0 Å². The summed E-state index contributed by atoms with van der Waals surface area (Å²) in [7, 11) is -0.632. The summed E-state index contributed by atoms with van der Waals surface area (Å²) in [4.78, 5) is 8.43. The highest BCUT2D eigenvalue weighted by Crippen LogP contribution is 2.20. The average molecular weight is 292 g/mol. The Morgan fingerprint density at radius 3 is 2.82 bits per heavy atom. The van der Waals surface area contributed by atoms with Crippen LogP contribution in [0.2, 0.25) is 5.15 Å². The van der Waals surface area contributed by atoms with Gasteiger partial charge >= 0.3 is 0 Å². The van der Waals surface area contributed by atoms with Crippen LogP contribution < -0.4 is 5.32 Å². The Morgan fingerprint density at radius 2 is 2.18 bits per heavy atom.